The van der Waals surface area contributed by atoms with Crippen LogP contribution in [0, 0.1) is 5.82 Å². The van der Waals surface area contributed by atoms with Gasteiger partial charge in [0.25, 0.3) is 5.78 Å². The number of hydrazone groups is 1. The molecular formula is C24H16Br2FN3O2. The number of amides is 1. The molecule has 1 amide bonds. The molecule has 5 rings (SSSR count). The third kappa shape index (κ3) is 3.78. The Hall–Kier alpha value is -2.84. The van der Waals surface area contributed by atoms with Gasteiger partial charge in [0.15, 0.2) is 0 Å². The molecule has 0 N–H and O–H groups in total. The van der Waals surface area contributed by atoms with E-state index in [1.807, 2.05) is 24.3 Å². The molecule has 32 heavy (non-hydrogen) atoms. The number of hydrogen-bond acceptors (Lipinski definition) is 4. The standard InChI is InChI=1S/C24H16Br2FN3O2/c25-16-5-1-14(2-6-16)20-12-22(15-3-8-18(27)9-4-15)30(28-20)13-29-21-10-7-17(26)11-19(21)23(31)24(29)32/h1-11,22H,12-13H2. The van der Waals surface area contributed by atoms with Crippen molar-refractivity contribution in [2.75, 3.05) is 11.6 Å². The number of hydrogen-bond donors (Lipinski definition) is 0. The topological polar surface area (TPSA) is 53.0 Å². The summed E-state index contributed by atoms with van der Waals surface area (Å²) in [6.45, 7) is 0.112. The van der Waals surface area contributed by atoms with Crippen LogP contribution in [-0.4, -0.2) is 29.1 Å². The van der Waals surface area contributed by atoms with Crippen molar-refractivity contribution in [3.63, 3.8) is 0 Å². The van der Waals surface area contributed by atoms with Gasteiger partial charge < -0.3 is 0 Å². The fourth-order valence-corrected chi connectivity index (χ4v) is 4.66. The number of Topliss-reactive ketones (excluding diaryl/α,β-unsaturated/α-hetero) is 1. The maximum Gasteiger partial charge on any atom is 0.301 e. The zero-order chi connectivity index (χ0) is 22.4. The van der Waals surface area contributed by atoms with Gasteiger partial charge in [-0.3, -0.25) is 19.5 Å². The van der Waals surface area contributed by atoms with Gasteiger partial charge in [0.1, 0.15) is 12.5 Å². The summed E-state index contributed by atoms with van der Waals surface area (Å²) in [5.74, 6) is -1.42. The maximum absolute atomic E-state index is 13.5. The number of carbonyl (C=O) groups excluding carboxylic acids is 2. The Labute approximate surface area is 200 Å². The molecule has 0 bridgehead atoms. The predicted molar refractivity (Wildman–Crippen MR) is 127 cm³/mol. The van der Waals surface area contributed by atoms with Gasteiger partial charge in [-0.25, -0.2) is 4.39 Å². The first kappa shape index (κ1) is 21.0. The molecule has 0 aromatic heterocycles. The van der Waals surface area contributed by atoms with Crippen LogP contribution in [-0.2, 0) is 4.79 Å². The molecule has 2 heterocycles. The number of nitrogens with zero attached hydrogens (tertiary/aromatic N) is 3. The van der Waals surface area contributed by atoms with E-state index in [-0.39, 0.29) is 18.5 Å². The molecule has 1 unspecified atom stereocenters. The SMILES string of the molecule is O=C1C(=O)N(CN2N=C(c3ccc(Br)cc3)CC2c2ccc(F)cc2)c2ccc(Br)cc21. The Kier molecular flexibility index (Phi) is 5.43. The molecule has 0 fully saturated rings. The Morgan fingerprint density at radius 3 is 2.34 bits per heavy atom. The molecular weight excluding hydrogens is 541 g/mol. The summed E-state index contributed by atoms with van der Waals surface area (Å²) < 4.78 is 15.2. The lowest BCUT2D eigenvalue weighted by molar-refractivity contribution is -0.114. The Morgan fingerprint density at radius 2 is 1.62 bits per heavy atom. The van der Waals surface area contributed by atoms with Crippen LogP contribution in [0.15, 0.2) is 80.8 Å². The summed E-state index contributed by atoms with van der Waals surface area (Å²) in [5, 5.41) is 6.61. The number of rotatable bonds is 4. The van der Waals surface area contributed by atoms with E-state index in [0.717, 1.165) is 25.8 Å². The van der Waals surface area contributed by atoms with E-state index in [1.54, 1.807) is 35.3 Å². The molecule has 5 nitrogen and oxygen atoms in total. The van der Waals surface area contributed by atoms with Crippen LogP contribution in [0.4, 0.5) is 10.1 Å². The minimum Gasteiger partial charge on any atom is -0.285 e. The van der Waals surface area contributed by atoms with Crippen LogP contribution < -0.4 is 4.90 Å². The van der Waals surface area contributed by atoms with Gasteiger partial charge in [-0.1, -0.05) is 56.1 Å². The molecule has 3 aromatic rings. The molecule has 0 aliphatic carbocycles. The zero-order valence-corrected chi connectivity index (χ0v) is 19.8. The molecule has 3 aromatic carbocycles. The quantitative estimate of drug-likeness (QED) is 0.388. The summed E-state index contributed by atoms with van der Waals surface area (Å²) in [6.07, 6.45) is 0.594. The zero-order valence-electron chi connectivity index (χ0n) is 16.6. The normalized spacial score (nSPS) is 17.7. The van der Waals surface area contributed by atoms with Gasteiger partial charge >= 0.3 is 5.91 Å². The molecule has 2 aliphatic rings. The fraction of sp³-hybridized carbons (Fsp3) is 0.125. The first-order chi connectivity index (χ1) is 15.4. The Bertz CT molecular complexity index is 1260. The lowest BCUT2D eigenvalue weighted by Gasteiger charge is -2.28. The van der Waals surface area contributed by atoms with E-state index >= 15 is 0 Å². The van der Waals surface area contributed by atoms with Crippen LogP contribution in [0.25, 0.3) is 0 Å². The van der Waals surface area contributed by atoms with Gasteiger partial charge in [0.05, 0.1) is 23.0 Å². The molecule has 8 heteroatoms. The monoisotopic (exact) mass is 555 g/mol. The largest absolute Gasteiger partial charge is 0.301 e. The number of halogens is 3. The number of benzene rings is 3. The molecule has 2 aliphatic heterocycles. The highest BCUT2D eigenvalue weighted by Crippen LogP contribution is 2.36. The minimum atomic E-state index is -0.580. The van der Waals surface area contributed by atoms with Crippen molar-refractivity contribution in [2.24, 2.45) is 5.10 Å². The smallest absolute Gasteiger partial charge is 0.285 e. The first-order valence-corrected chi connectivity index (χ1v) is 11.5. The van der Waals surface area contributed by atoms with Crippen LogP contribution in [0.1, 0.15) is 33.9 Å². The predicted octanol–water partition coefficient (Wildman–Crippen LogP) is 5.69. The average molecular weight is 557 g/mol. The fourth-order valence-electron chi connectivity index (χ4n) is 4.03. The van der Waals surface area contributed by atoms with Gasteiger partial charge in [-0.05, 0) is 53.6 Å². The molecule has 0 radical (unpaired) electrons. The number of ketones is 1. The van der Waals surface area contributed by atoms with Crippen LogP contribution in [0.3, 0.4) is 0 Å². The summed E-state index contributed by atoms with van der Waals surface area (Å²) in [4.78, 5) is 26.7. The van der Waals surface area contributed by atoms with Gasteiger partial charge in [-0.15, -0.1) is 0 Å². The Morgan fingerprint density at radius 1 is 0.938 bits per heavy atom. The van der Waals surface area contributed by atoms with Crippen molar-refractivity contribution in [1.29, 1.82) is 0 Å². The highest BCUT2D eigenvalue weighted by molar-refractivity contribution is 9.10. The summed E-state index contributed by atoms with van der Waals surface area (Å²) in [6, 6.07) is 19.2. The van der Waals surface area contributed by atoms with Crippen molar-refractivity contribution in [3.8, 4) is 0 Å². The van der Waals surface area contributed by atoms with Crippen molar-refractivity contribution in [3.05, 3.63) is 98.2 Å². The van der Waals surface area contributed by atoms with Gasteiger partial charge in [0, 0.05) is 15.4 Å². The highest BCUT2D eigenvalue weighted by Gasteiger charge is 2.39. The van der Waals surface area contributed by atoms with E-state index in [4.69, 9.17) is 5.10 Å². The lowest BCUT2D eigenvalue weighted by Crippen LogP contribution is -2.39. The second-order valence-corrected chi connectivity index (χ2v) is 9.46. The third-order valence-electron chi connectivity index (χ3n) is 5.65. The summed E-state index contributed by atoms with van der Waals surface area (Å²) >= 11 is 6.80. The van der Waals surface area contributed by atoms with Crippen molar-refractivity contribution in [2.45, 2.75) is 12.5 Å². The maximum atomic E-state index is 13.5. The van der Waals surface area contributed by atoms with E-state index < -0.39 is 11.7 Å². The highest BCUT2D eigenvalue weighted by atomic mass is 79.9. The second kappa shape index (κ2) is 8.26. The average Bonchev–Trinajstić information content (AvgIpc) is 3.30. The minimum absolute atomic E-state index is 0.112. The Balaban J connectivity index is 1.51. The van der Waals surface area contributed by atoms with Gasteiger partial charge in [-0.2, -0.15) is 5.10 Å². The van der Waals surface area contributed by atoms with Crippen molar-refractivity contribution >= 4 is 54.9 Å². The molecule has 1 atom stereocenters. The third-order valence-corrected chi connectivity index (χ3v) is 6.67. The molecule has 0 saturated carbocycles. The number of carbonyl (C=O) groups is 2. The van der Waals surface area contributed by atoms with E-state index in [2.05, 4.69) is 31.9 Å². The van der Waals surface area contributed by atoms with Crippen molar-refractivity contribution in [1.82, 2.24) is 5.01 Å². The van der Waals surface area contributed by atoms with Crippen LogP contribution in [0.2, 0.25) is 0 Å². The number of anilines is 1. The molecule has 160 valence electrons. The van der Waals surface area contributed by atoms with E-state index in [1.165, 1.54) is 17.0 Å². The van der Waals surface area contributed by atoms with Crippen LogP contribution in [0.5, 0.6) is 0 Å². The first-order valence-electron chi connectivity index (χ1n) is 9.92. The van der Waals surface area contributed by atoms with Crippen molar-refractivity contribution < 1.29 is 14.0 Å². The van der Waals surface area contributed by atoms with E-state index in [9.17, 15) is 14.0 Å². The molecule has 0 saturated heterocycles. The summed E-state index contributed by atoms with van der Waals surface area (Å²) in [5.41, 5.74) is 3.65. The second-order valence-electron chi connectivity index (χ2n) is 7.63. The lowest BCUT2D eigenvalue weighted by atomic mass is 9.98. The number of fused-ring (bicyclic) bond motifs is 1. The summed E-state index contributed by atoms with van der Waals surface area (Å²) in [7, 11) is 0. The molecule has 0 spiro atoms. The van der Waals surface area contributed by atoms with E-state index in [0.29, 0.717) is 17.7 Å². The van der Waals surface area contributed by atoms with Crippen LogP contribution >= 0.6 is 31.9 Å². The van der Waals surface area contributed by atoms with Gasteiger partial charge in [0.2, 0.25) is 0 Å².